The molecular formula is C27H43FN4O5. The second-order valence-electron chi connectivity index (χ2n) is 10.1. The van der Waals surface area contributed by atoms with Crippen molar-refractivity contribution in [2.75, 3.05) is 46.9 Å². The summed E-state index contributed by atoms with van der Waals surface area (Å²) in [4.78, 5) is 26.4. The highest BCUT2D eigenvalue weighted by molar-refractivity contribution is 5.74. The van der Waals surface area contributed by atoms with E-state index in [0.29, 0.717) is 25.2 Å². The number of likely N-dealkylation sites (N-methyl/N-ethyl adjacent to an activating group) is 1. The fourth-order valence-electron chi connectivity index (χ4n) is 5.57. The average Bonchev–Trinajstić information content (AvgIpc) is 2.92. The molecule has 1 aromatic rings. The van der Waals surface area contributed by atoms with Gasteiger partial charge in [-0.25, -0.2) is 14.0 Å². The lowest BCUT2D eigenvalue weighted by atomic mass is 9.82. The summed E-state index contributed by atoms with van der Waals surface area (Å²) in [6, 6.07) is 5.74. The lowest BCUT2D eigenvalue weighted by Gasteiger charge is -2.39. The summed E-state index contributed by atoms with van der Waals surface area (Å²) in [6.07, 6.45) is 5.44. The Kier molecular flexibility index (Phi) is 11.9. The summed E-state index contributed by atoms with van der Waals surface area (Å²) in [5.74, 6) is -0.202. The number of nitrogens with one attached hydrogen (secondary N) is 3. The molecule has 0 unspecified atom stereocenters. The summed E-state index contributed by atoms with van der Waals surface area (Å²) in [6.45, 7) is 2.01. The lowest BCUT2D eigenvalue weighted by molar-refractivity contribution is -0.00954. The largest absolute Gasteiger partial charge is 0.453 e. The van der Waals surface area contributed by atoms with Crippen molar-refractivity contribution in [3.63, 3.8) is 0 Å². The molecule has 0 spiro atoms. The zero-order valence-electron chi connectivity index (χ0n) is 22.1. The van der Waals surface area contributed by atoms with E-state index in [-0.39, 0.29) is 42.9 Å². The lowest BCUT2D eigenvalue weighted by Crippen LogP contribution is -2.56. The maximum absolute atomic E-state index is 14.1. The number of aliphatic hydroxyl groups is 1. The molecule has 3 amide bonds. The molecule has 1 aliphatic carbocycles. The molecule has 4 atom stereocenters. The predicted octanol–water partition coefficient (Wildman–Crippen LogP) is 3.19. The second-order valence-corrected chi connectivity index (χ2v) is 10.1. The van der Waals surface area contributed by atoms with Crippen LogP contribution in [0.4, 0.5) is 14.0 Å². The average molecular weight is 523 g/mol. The number of methoxy groups -OCH3 is 1. The molecule has 9 nitrogen and oxygen atoms in total. The van der Waals surface area contributed by atoms with Crippen molar-refractivity contribution in [3.8, 4) is 0 Å². The maximum atomic E-state index is 14.1. The van der Waals surface area contributed by atoms with Crippen molar-refractivity contribution in [1.29, 1.82) is 0 Å². The molecule has 2 fully saturated rings. The number of rotatable bonds is 11. The molecule has 10 heteroatoms. The Morgan fingerprint density at radius 3 is 2.62 bits per heavy atom. The molecule has 0 bridgehead atoms. The van der Waals surface area contributed by atoms with E-state index < -0.39 is 18.3 Å². The predicted molar refractivity (Wildman–Crippen MR) is 139 cm³/mol. The Labute approximate surface area is 219 Å². The number of halogens is 1. The number of aliphatic hydroxyl groups excluding tert-OH is 1. The summed E-state index contributed by atoms with van der Waals surface area (Å²) in [7, 11) is 3.11. The molecule has 0 aromatic heterocycles. The van der Waals surface area contributed by atoms with Crippen LogP contribution in [0.1, 0.15) is 56.6 Å². The Hall–Kier alpha value is -2.43. The summed E-state index contributed by atoms with van der Waals surface area (Å²) >= 11 is 0. The molecule has 1 aromatic carbocycles. The first kappa shape index (κ1) is 29.1. The quantitative estimate of drug-likeness (QED) is 0.332. The molecule has 4 N–H and O–H groups in total. The molecule has 1 saturated heterocycles. The molecular weight excluding hydrogens is 479 g/mol. The Morgan fingerprint density at radius 2 is 1.92 bits per heavy atom. The number of carbonyl (C=O) groups excluding carboxylic acids is 2. The standard InChI is InChI=1S/C27H43FN4O5/c1-29-17-23(24(33)19-8-4-3-5-9-19)31-26(34)32-14-7-11-21(18-32)25(20-10-6-12-22(28)16-20)37-15-13-30-27(35)36-2/h6,10,12,16,19,21,23-25,29,33H,3-5,7-9,11,13-15,17-18H2,1-2H3,(H,30,35)(H,31,34)/t21-,23-,24+,25+/m1/s1. The minimum absolute atomic E-state index is 0.0505. The van der Waals surface area contributed by atoms with Gasteiger partial charge in [-0.2, -0.15) is 0 Å². The van der Waals surface area contributed by atoms with E-state index in [1.807, 2.05) is 13.1 Å². The third-order valence-corrected chi connectivity index (χ3v) is 7.48. The monoisotopic (exact) mass is 522 g/mol. The van der Waals surface area contributed by atoms with Gasteiger partial charge in [0.05, 0.1) is 32.0 Å². The SMILES string of the molecule is CNC[C@@H](NC(=O)N1CCC[C@@H]([C@@H](OCCNC(=O)OC)c2cccc(F)c2)C1)[C@@H](O)C1CCCCC1. The van der Waals surface area contributed by atoms with Crippen molar-refractivity contribution in [2.45, 2.75) is 63.2 Å². The first-order valence-corrected chi connectivity index (χ1v) is 13.5. The van der Waals surface area contributed by atoms with Gasteiger partial charge < -0.3 is 35.4 Å². The zero-order chi connectivity index (χ0) is 26.6. The Bertz CT molecular complexity index is 854. The van der Waals surface area contributed by atoms with Gasteiger partial charge in [0.15, 0.2) is 0 Å². The Morgan fingerprint density at radius 1 is 1.16 bits per heavy atom. The first-order valence-electron chi connectivity index (χ1n) is 13.5. The molecule has 1 aliphatic heterocycles. The van der Waals surface area contributed by atoms with Crippen molar-refractivity contribution >= 4 is 12.1 Å². The number of ether oxygens (including phenoxy) is 2. The minimum atomic E-state index is -0.594. The van der Waals surface area contributed by atoms with Gasteiger partial charge in [-0.3, -0.25) is 0 Å². The van der Waals surface area contributed by atoms with Gasteiger partial charge in [0, 0.05) is 32.1 Å². The summed E-state index contributed by atoms with van der Waals surface area (Å²) < 4.78 is 24.8. The van der Waals surface area contributed by atoms with Gasteiger partial charge in [-0.1, -0.05) is 31.4 Å². The second kappa shape index (κ2) is 15.1. The molecule has 3 rings (SSSR count). The van der Waals surface area contributed by atoms with Crippen LogP contribution in [-0.4, -0.2) is 81.2 Å². The number of amides is 3. The van der Waals surface area contributed by atoms with Crippen LogP contribution in [0.25, 0.3) is 0 Å². The van der Waals surface area contributed by atoms with Gasteiger partial charge in [-0.05, 0) is 56.3 Å². The van der Waals surface area contributed by atoms with Gasteiger partial charge in [0.1, 0.15) is 5.82 Å². The van der Waals surface area contributed by atoms with Crippen LogP contribution in [0.3, 0.4) is 0 Å². The van der Waals surface area contributed by atoms with Crippen molar-refractivity contribution in [3.05, 3.63) is 35.6 Å². The number of alkyl carbamates (subject to hydrolysis) is 1. The smallest absolute Gasteiger partial charge is 0.406 e. The summed E-state index contributed by atoms with van der Waals surface area (Å²) in [5, 5.41) is 19.8. The highest BCUT2D eigenvalue weighted by atomic mass is 19.1. The van der Waals surface area contributed by atoms with E-state index in [0.717, 1.165) is 38.5 Å². The van der Waals surface area contributed by atoms with Gasteiger partial charge in [-0.15, -0.1) is 0 Å². The highest BCUT2D eigenvalue weighted by Gasteiger charge is 2.34. The van der Waals surface area contributed by atoms with E-state index in [2.05, 4.69) is 20.7 Å². The van der Waals surface area contributed by atoms with Crippen LogP contribution in [0.2, 0.25) is 0 Å². The van der Waals surface area contributed by atoms with Crippen molar-refractivity contribution < 1.29 is 28.6 Å². The van der Waals surface area contributed by atoms with E-state index in [1.165, 1.54) is 25.7 Å². The van der Waals surface area contributed by atoms with E-state index in [4.69, 9.17) is 4.74 Å². The molecule has 208 valence electrons. The number of hydrogen-bond acceptors (Lipinski definition) is 6. The van der Waals surface area contributed by atoms with Crippen LogP contribution in [-0.2, 0) is 9.47 Å². The van der Waals surface area contributed by atoms with Crippen LogP contribution >= 0.6 is 0 Å². The normalized spacial score (nSPS) is 21.1. The number of piperidine rings is 1. The maximum Gasteiger partial charge on any atom is 0.406 e. The minimum Gasteiger partial charge on any atom is -0.453 e. The highest BCUT2D eigenvalue weighted by Crippen LogP contribution is 2.33. The van der Waals surface area contributed by atoms with Crippen LogP contribution in [0.5, 0.6) is 0 Å². The third kappa shape index (κ3) is 8.83. The van der Waals surface area contributed by atoms with Gasteiger partial charge in [0.2, 0.25) is 0 Å². The van der Waals surface area contributed by atoms with E-state index in [9.17, 15) is 19.1 Å². The number of benzene rings is 1. The molecule has 1 heterocycles. The van der Waals surface area contributed by atoms with Crippen LogP contribution in [0, 0.1) is 17.7 Å². The van der Waals surface area contributed by atoms with Crippen LogP contribution in [0.15, 0.2) is 24.3 Å². The molecule has 37 heavy (non-hydrogen) atoms. The van der Waals surface area contributed by atoms with E-state index >= 15 is 0 Å². The van der Waals surface area contributed by atoms with Crippen molar-refractivity contribution in [1.82, 2.24) is 20.9 Å². The fraction of sp³-hybridized carbons (Fsp3) is 0.704. The number of hydrogen-bond donors (Lipinski definition) is 4. The van der Waals surface area contributed by atoms with Gasteiger partial charge >= 0.3 is 12.1 Å². The first-order chi connectivity index (χ1) is 17.9. The number of likely N-dealkylation sites (tertiary alicyclic amines) is 1. The number of urea groups is 1. The van der Waals surface area contributed by atoms with Gasteiger partial charge in [0.25, 0.3) is 0 Å². The molecule has 1 saturated carbocycles. The molecule has 0 radical (unpaired) electrons. The van der Waals surface area contributed by atoms with E-state index in [1.54, 1.807) is 11.0 Å². The number of nitrogens with zero attached hydrogens (tertiary/aromatic N) is 1. The molecule has 2 aliphatic rings. The fourth-order valence-corrected chi connectivity index (χ4v) is 5.57. The van der Waals surface area contributed by atoms with Crippen molar-refractivity contribution in [2.24, 2.45) is 11.8 Å². The topological polar surface area (TPSA) is 112 Å². The van der Waals surface area contributed by atoms with Crippen LogP contribution < -0.4 is 16.0 Å². The number of carbonyl (C=O) groups is 2. The zero-order valence-corrected chi connectivity index (χ0v) is 22.1. The third-order valence-electron chi connectivity index (χ3n) is 7.48. The Balaban J connectivity index is 1.65. The summed E-state index contributed by atoms with van der Waals surface area (Å²) in [5.41, 5.74) is 0.700.